The molecule has 0 saturated carbocycles. The number of benzene rings is 2. The Labute approximate surface area is 185 Å². The average Bonchev–Trinajstić information content (AvgIpc) is 3.12. The van der Waals surface area contributed by atoms with Crippen LogP contribution in [-0.2, 0) is 6.54 Å². The highest BCUT2D eigenvalue weighted by atomic mass is 19.1. The van der Waals surface area contributed by atoms with Crippen LogP contribution >= 0.6 is 0 Å². The van der Waals surface area contributed by atoms with E-state index in [0.717, 1.165) is 12.1 Å². The van der Waals surface area contributed by atoms with E-state index < -0.39 is 23.4 Å². The molecule has 4 aromatic rings. The number of hydrogen-bond donors (Lipinski definition) is 4. The molecule has 0 aliphatic rings. The zero-order chi connectivity index (χ0) is 23.5. The van der Waals surface area contributed by atoms with E-state index >= 15 is 0 Å². The SMILES string of the molecule is Nc1ncnc2c1c(C(=O)c1cccc(NC(=O)Nc3cc(F)cc(F)c3)c1)cn2CCO. The number of nitrogens with two attached hydrogens (primary N) is 1. The molecule has 4 rings (SSSR count). The van der Waals surface area contributed by atoms with E-state index in [9.17, 15) is 23.5 Å². The second kappa shape index (κ2) is 9.01. The number of nitrogen functional groups attached to an aromatic ring is 1. The van der Waals surface area contributed by atoms with Crippen LogP contribution in [0.4, 0.5) is 30.8 Å². The van der Waals surface area contributed by atoms with E-state index in [4.69, 9.17) is 5.73 Å². The van der Waals surface area contributed by atoms with E-state index in [2.05, 4.69) is 20.6 Å². The molecule has 2 amide bonds. The fourth-order valence-electron chi connectivity index (χ4n) is 3.41. The molecule has 9 nitrogen and oxygen atoms in total. The summed E-state index contributed by atoms with van der Waals surface area (Å²) < 4.78 is 28.2. The van der Waals surface area contributed by atoms with Gasteiger partial charge in [0, 0.05) is 35.7 Å². The Balaban J connectivity index is 1.59. The van der Waals surface area contributed by atoms with Crippen molar-refractivity contribution in [2.45, 2.75) is 6.54 Å². The molecule has 5 N–H and O–H groups in total. The Morgan fingerprint density at radius 1 is 1.03 bits per heavy atom. The number of aliphatic hydroxyl groups is 1. The van der Waals surface area contributed by atoms with Gasteiger partial charge in [0.25, 0.3) is 0 Å². The third-order valence-electron chi connectivity index (χ3n) is 4.77. The van der Waals surface area contributed by atoms with Crippen LogP contribution in [0, 0.1) is 11.6 Å². The van der Waals surface area contributed by atoms with Crippen molar-refractivity contribution in [1.29, 1.82) is 0 Å². The van der Waals surface area contributed by atoms with Crippen LogP contribution in [0.5, 0.6) is 0 Å². The summed E-state index contributed by atoms with van der Waals surface area (Å²) >= 11 is 0. The van der Waals surface area contributed by atoms with Crippen molar-refractivity contribution in [2.24, 2.45) is 0 Å². The van der Waals surface area contributed by atoms with Gasteiger partial charge in [0.15, 0.2) is 5.78 Å². The number of rotatable bonds is 6. The first-order valence-electron chi connectivity index (χ1n) is 9.74. The first-order chi connectivity index (χ1) is 15.9. The molecule has 33 heavy (non-hydrogen) atoms. The van der Waals surface area contributed by atoms with Gasteiger partial charge in [-0.05, 0) is 24.3 Å². The van der Waals surface area contributed by atoms with Crippen LogP contribution < -0.4 is 16.4 Å². The van der Waals surface area contributed by atoms with Gasteiger partial charge in [-0.25, -0.2) is 23.5 Å². The number of amides is 2. The highest BCUT2D eigenvalue weighted by Crippen LogP contribution is 2.27. The van der Waals surface area contributed by atoms with Gasteiger partial charge in [-0.3, -0.25) is 4.79 Å². The van der Waals surface area contributed by atoms with E-state index in [1.807, 2.05) is 0 Å². The second-order valence-electron chi connectivity index (χ2n) is 7.06. The molecule has 2 heterocycles. The molecule has 2 aromatic heterocycles. The second-order valence-corrected chi connectivity index (χ2v) is 7.06. The number of ketones is 1. The minimum Gasteiger partial charge on any atom is -0.395 e. The standard InChI is InChI=1S/C22H18F2N6O3/c23-13-7-14(24)9-16(8-13)29-22(33)28-15-3-1-2-12(6-15)19(32)17-10-30(4-5-31)21-18(17)20(25)26-11-27-21/h1-3,6-11,31H,4-5H2,(H2,25,26,27)(H2,28,29,33). The van der Waals surface area contributed by atoms with Crippen LogP contribution in [0.2, 0.25) is 0 Å². The number of anilines is 3. The lowest BCUT2D eigenvalue weighted by atomic mass is 10.0. The van der Waals surface area contributed by atoms with Crippen molar-refractivity contribution >= 4 is 40.0 Å². The smallest absolute Gasteiger partial charge is 0.323 e. The molecular formula is C22H18F2N6O3. The summed E-state index contributed by atoms with van der Waals surface area (Å²) in [5.74, 6) is -1.94. The predicted molar refractivity (Wildman–Crippen MR) is 118 cm³/mol. The number of hydrogen-bond acceptors (Lipinski definition) is 6. The van der Waals surface area contributed by atoms with Gasteiger partial charge in [0.2, 0.25) is 0 Å². The van der Waals surface area contributed by atoms with E-state index in [1.54, 1.807) is 29.0 Å². The third-order valence-corrected chi connectivity index (χ3v) is 4.77. The maximum Gasteiger partial charge on any atom is 0.323 e. The van der Waals surface area contributed by atoms with Gasteiger partial charge in [-0.15, -0.1) is 0 Å². The number of carbonyl (C=O) groups excluding carboxylic acids is 2. The number of halogens is 2. The van der Waals surface area contributed by atoms with Crippen molar-refractivity contribution in [3.8, 4) is 0 Å². The number of carbonyl (C=O) groups is 2. The van der Waals surface area contributed by atoms with Crippen LogP contribution in [0.3, 0.4) is 0 Å². The summed E-state index contributed by atoms with van der Waals surface area (Å²) in [4.78, 5) is 33.6. The van der Waals surface area contributed by atoms with Crippen LogP contribution in [-0.4, -0.2) is 38.1 Å². The third kappa shape index (κ3) is 4.62. The minimum atomic E-state index is -0.832. The summed E-state index contributed by atoms with van der Waals surface area (Å²) in [6.07, 6.45) is 2.81. The lowest BCUT2D eigenvalue weighted by Crippen LogP contribution is -2.19. The molecular weight excluding hydrogens is 434 g/mol. The lowest BCUT2D eigenvalue weighted by Gasteiger charge is -2.09. The molecule has 0 aliphatic heterocycles. The number of aromatic nitrogens is 3. The topological polar surface area (TPSA) is 135 Å². The molecule has 0 spiro atoms. The molecule has 0 radical (unpaired) electrons. The van der Waals surface area contributed by atoms with Gasteiger partial charge in [0.05, 0.1) is 17.6 Å². The number of nitrogens with zero attached hydrogens (tertiary/aromatic N) is 3. The molecule has 0 unspecified atom stereocenters. The maximum atomic E-state index is 13.3. The first kappa shape index (κ1) is 21.8. The Morgan fingerprint density at radius 2 is 1.76 bits per heavy atom. The van der Waals surface area contributed by atoms with Crippen molar-refractivity contribution in [3.63, 3.8) is 0 Å². The zero-order valence-corrected chi connectivity index (χ0v) is 17.0. The van der Waals surface area contributed by atoms with Crippen molar-refractivity contribution < 1.29 is 23.5 Å². The number of aliphatic hydroxyl groups excluding tert-OH is 1. The summed E-state index contributed by atoms with van der Waals surface area (Å²) in [6, 6.07) is 8.00. The van der Waals surface area contributed by atoms with E-state index in [-0.39, 0.29) is 41.5 Å². The number of urea groups is 1. The highest BCUT2D eigenvalue weighted by molar-refractivity contribution is 6.18. The number of nitrogens with one attached hydrogen (secondary N) is 2. The van der Waals surface area contributed by atoms with E-state index in [1.165, 1.54) is 12.4 Å². The van der Waals surface area contributed by atoms with Crippen molar-refractivity contribution in [3.05, 3.63) is 77.8 Å². The molecule has 0 saturated heterocycles. The highest BCUT2D eigenvalue weighted by Gasteiger charge is 2.20. The Kier molecular flexibility index (Phi) is 5.96. The monoisotopic (exact) mass is 452 g/mol. The van der Waals surface area contributed by atoms with Gasteiger partial charge >= 0.3 is 6.03 Å². The zero-order valence-electron chi connectivity index (χ0n) is 17.0. The molecule has 0 bridgehead atoms. The molecule has 0 aliphatic carbocycles. The predicted octanol–water partition coefficient (Wildman–Crippen LogP) is 3.16. The summed E-state index contributed by atoms with van der Waals surface area (Å²) in [7, 11) is 0. The van der Waals surface area contributed by atoms with Crippen molar-refractivity contribution in [2.75, 3.05) is 23.0 Å². The normalized spacial score (nSPS) is 10.9. The van der Waals surface area contributed by atoms with Gasteiger partial charge < -0.3 is 26.0 Å². The summed E-state index contributed by atoms with van der Waals surface area (Å²) in [5, 5.41) is 14.5. The van der Waals surface area contributed by atoms with Gasteiger partial charge in [0.1, 0.15) is 29.4 Å². The van der Waals surface area contributed by atoms with Crippen LogP contribution in [0.1, 0.15) is 15.9 Å². The summed E-state index contributed by atoms with van der Waals surface area (Å²) in [6.45, 7) is 0.0493. The Hall–Kier alpha value is -4.38. The number of fused-ring (bicyclic) bond motifs is 1. The Morgan fingerprint density at radius 3 is 2.48 bits per heavy atom. The minimum absolute atomic E-state index is 0.0654. The van der Waals surface area contributed by atoms with E-state index in [0.29, 0.717) is 17.1 Å². The largest absolute Gasteiger partial charge is 0.395 e. The molecule has 11 heteroatoms. The fourth-order valence-corrected chi connectivity index (χ4v) is 3.41. The van der Waals surface area contributed by atoms with Crippen LogP contribution in [0.25, 0.3) is 11.0 Å². The molecule has 2 aromatic carbocycles. The average molecular weight is 452 g/mol. The lowest BCUT2D eigenvalue weighted by molar-refractivity contribution is 0.104. The maximum absolute atomic E-state index is 13.3. The summed E-state index contributed by atoms with van der Waals surface area (Å²) in [5.41, 5.74) is 7.09. The van der Waals surface area contributed by atoms with Crippen molar-refractivity contribution in [1.82, 2.24) is 14.5 Å². The molecule has 168 valence electrons. The van der Waals surface area contributed by atoms with Crippen LogP contribution in [0.15, 0.2) is 55.0 Å². The van der Waals surface area contributed by atoms with Gasteiger partial charge in [-0.1, -0.05) is 12.1 Å². The Bertz CT molecular complexity index is 1350. The quantitative estimate of drug-likeness (QED) is 0.332. The fraction of sp³-hybridized carbons (Fsp3) is 0.0909. The first-order valence-corrected chi connectivity index (χ1v) is 9.74. The molecule has 0 atom stereocenters. The van der Waals surface area contributed by atoms with Gasteiger partial charge in [-0.2, -0.15) is 0 Å². The molecule has 0 fully saturated rings.